The normalized spacial score (nSPS) is 18.1. The summed E-state index contributed by atoms with van der Waals surface area (Å²) in [6.07, 6.45) is 0. The summed E-state index contributed by atoms with van der Waals surface area (Å²) >= 11 is 3.43. The van der Waals surface area contributed by atoms with E-state index in [4.69, 9.17) is 5.11 Å². The molecule has 118 valence electrons. The monoisotopic (exact) mass is 376 g/mol. The van der Waals surface area contributed by atoms with Crippen LogP contribution in [-0.2, 0) is 10.0 Å². The summed E-state index contributed by atoms with van der Waals surface area (Å²) < 4.78 is 28.0. The second-order valence-corrected chi connectivity index (χ2v) is 8.10. The van der Waals surface area contributed by atoms with E-state index in [0.29, 0.717) is 37.6 Å². The summed E-state index contributed by atoms with van der Waals surface area (Å²) in [6.45, 7) is 6.68. The van der Waals surface area contributed by atoms with Crippen LogP contribution in [0.4, 0.5) is 0 Å². The van der Waals surface area contributed by atoms with Crippen LogP contribution in [-0.4, -0.2) is 62.1 Å². The number of aryl methyl sites for hydroxylation is 2. The van der Waals surface area contributed by atoms with Crippen molar-refractivity contribution in [3.63, 3.8) is 0 Å². The van der Waals surface area contributed by atoms with Crippen LogP contribution in [0.2, 0.25) is 0 Å². The van der Waals surface area contributed by atoms with Crippen LogP contribution in [0.15, 0.2) is 21.5 Å². The van der Waals surface area contributed by atoms with Gasteiger partial charge in [0.1, 0.15) is 0 Å². The van der Waals surface area contributed by atoms with Crippen molar-refractivity contribution in [3.8, 4) is 0 Å². The molecule has 1 fully saturated rings. The minimum Gasteiger partial charge on any atom is -0.395 e. The molecule has 0 bridgehead atoms. The van der Waals surface area contributed by atoms with E-state index in [0.717, 1.165) is 15.6 Å². The van der Waals surface area contributed by atoms with E-state index in [1.54, 1.807) is 6.07 Å². The van der Waals surface area contributed by atoms with E-state index >= 15 is 0 Å². The smallest absolute Gasteiger partial charge is 0.243 e. The Labute approximate surface area is 134 Å². The Morgan fingerprint density at radius 1 is 1.14 bits per heavy atom. The van der Waals surface area contributed by atoms with Crippen LogP contribution in [0.5, 0.6) is 0 Å². The van der Waals surface area contributed by atoms with Crippen LogP contribution in [0.3, 0.4) is 0 Å². The maximum Gasteiger partial charge on any atom is 0.243 e. The predicted molar refractivity (Wildman–Crippen MR) is 85.9 cm³/mol. The Balaban J connectivity index is 2.22. The van der Waals surface area contributed by atoms with E-state index in [2.05, 4.69) is 20.8 Å². The van der Waals surface area contributed by atoms with Gasteiger partial charge in [0, 0.05) is 37.2 Å². The molecule has 1 aliphatic rings. The number of nitrogens with zero attached hydrogens (tertiary/aromatic N) is 2. The molecule has 21 heavy (non-hydrogen) atoms. The molecule has 1 N–H and O–H groups in total. The molecule has 0 atom stereocenters. The van der Waals surface area contributed by atoms with Crippen LogP contribution >= 0.6 is 15.9 Å². The number of hydrogen-bond donors (Lipinski definition) is 1. The Morgan fingerprint density at radius 2 is 1.76 bits per heavy atom. The summed E-state index contributed by atoms with van der Waals surface area (Å²) in [6, 6.07) is 3.58. The maximum atomic E-state index is 12.8. The fourth-order valence-electron chi connectivity index (χ4n) is 2.51. The number of rotatable bonds is 4. The van der Waals surface area contributed by atoms with Crippen LogP contribution < -0.4 is 0 Å². The number of sulfonamides is 1. The highest BCUT2D eigenvalue weighted by Crippen LogP contribution is 2.27. The van der Waals surface area contributed by atoms with Gasteiger partial charge in [0.2, 0.25) is 10.0 Å². The molecule has 1 saturated heterocycles. The van der Waals surface area contributed by atoms with E-state index < -0.39 is 10.0 Å². The highest BCUT2D eigenvalue weighted by molar-refractivity contribution is 9.10. The minimum atomic E-state index is -3.45. The highest BCUT2D eigenvalue weighted by Gasteiger charge is 2.29. The molecule has 0 radical (unpaired) electrons. The van der Waals surface area contributed by atoms with Gasteiger partial charge in [0.15, 0.2) is 0 Å². The lowest BCUT2D eigenvalue weighted by Crippen LogP contribution is -2.49. The lowest BCUT2D eigenvalue weighted by molar-refractivity contribution is 0.151. The number of benzene rings is 1. The quantitative estimate of drug-likeness (QED) is 0.861. The van der Waals surface area contributed by atoms with E-state index in [1.165, 1.54) is 4.31 Å². The number of hydrogen-bond acceptors (Lipinski definition) is 4. The van der Waals surface area contributed by atoms with Crippen LogP contribution in [0.25, 0.3) is 0 Å². The fourth-order valence-corrected chi connectivity index (χ4v) is 4.68. The van der Waals surface area contributed by atoms with E-state index in [9.17, 15) is 8.42 Å². The SMILES string of the molecule is Cc1cc(S(=O)(=O)N2CCN(CCO)CC2)c(C)cc1Br. The fraction of sp³-hybridized carbons (Fsp3) is 0.571. The molecule has 1 aromatic rings. The molecule has 0 amide bonds. The molecule has 1 aliphatic heterocycles. The average molecular weight is 377 g/mol. The lowest BCUT2D eigenvalue weighted by atomic mass is 10.2. The number of β-amino-alcohol motifs (C(OH)–C–C–N with tert-alkyl or cyclic N) is 1. The second kappa shape index (κ2) is 6.75. The van der Waals surface area contributed by atoms with Gasteiger partial charge in [-0.2, -0.15) is 4.31 Å². The topological polar surface area (TPSA) is 60.9 Å². The van der Waals surface area contributed by atoms with Crippen molar-refractivity contribution in [1.82, 2.24) is 9.21 Å². The van der Waals surface area contributed by atoms with Gasteiger partial charge in [-0.1, -0.05) is 15.9 Å². The summed E-state index contributed by atoms with van der Waals surface area (Å²) in [7, 11) is -3.45. The van der Waals surface area contributed by atoms with Crippen LogP contribution in [0, 0.1) is 13.8 Å². The Bertz CT molecular complexity index is 611. The summed E-state index contributed by atoms with van der Waals surface area (Å²) in [5, 5.41) is 8.94. The summed E-state index contributed by atoms with van der Waals surface area (Å²) in [4.78, 5) is 2.46. The van der Waals surface area contributed by atoms with E-state index in [-0.39, 0.29) is 6.61 Å². The molecular weight excluding hydrogens is 356 g/mol. The zero-order valence-corrected chi connectivity index (χ0v) is 14.7. The second-order valence-electron chi connectivity index (χ2n) is 5.34. The maximum absolute atomic E-state index is 12.8. The number of piperazine rings is 1. The standard InChI is InChI=1S/C14H21BrN2O3S/c1-11-10-14(12(2)9-13(11)15)21(19,20)17-5-3-16(4-6-17)7-8-18/h9-10,18H,3-8H2,1-2H3. The predicted octanol–water partition coefficient (Wildman–Crippen LogP) is 1.36. The largest absolute Gasteiger partial charge is 0.395 e. The third-order valence-corrected chi connectivity index (χ3v) is 6.72. The average Bonchev–Trinajstić information content (AvgIpc) is 2.43. The van der Waals surface area contributed by atoms with Gasteiger partial charge < -0.3 is 5.11 Å². The van der Waals surface area contributed by atoms with Gasteiger partial charge in [-0.05, 0) is 37.1 Å². The summed E-state index contributed by atoms with van der Waals surface area (Å²) in [5.74, 6) is 0. The molecule has 5 nitrogen and oxygen atoms in total. The van der Waals surface area contributed by atoms with E-state index in [1.807, 2.05) is 19.9 Å². The first-order valence-electron chi connectivity index (χ1n) is 6.96. The number of halogens is 1. The van der Waals surface area contributed by atoms with Crippen molar-refractivity contribution >= 4 is 26.0 Å². The third kappa shape index (κ3) is 3.65. The molecule has 0 aromatic heterocycles. The molecule has 2 rings (SSSR count). The zero-order chi connectivity index (χ0) is 15.6. The van der Waals surface area contributed by atoms with Crippen molar-refractivity contribution in [2.45, 2.75) is 18.7 Å². The molecule has 0 aliphatic carbocycles. The van der Waals surface area contributed by atoms with Crippen molar-refractivity contribution < 1.29 is 13.5 Å². The summed E-state index contributed by atoms with van der Waals surface area (Å²) in [5.41, 5.74) is 1.67. The van der Waals surface area contributed by atoms with Gasteiger partial charge in [-0.3, -0.25) is 4.90 Å². The first-order chi connectivity index (χ1) is 9.86. The molecule has 0 spiro atoms. The van der Waals surface area contributed by atoms with Gasteiger partial charge in [0.05, 0.1) is 11.5 Å². The highest BCUT2D eigenvalue weighted by atomic mass is 79.9. The van der Waals surface area contributed by atoms with Crippen LogP contribution in [0.1, 0.15) is 11.1 Å². The number of aliphatic hydroxyl groups excluding tert-OH is 1. The van der Waals surface area contributed by atoms with Crippen molar-refractivity contribution in [2.75, 3.05) is 39.3 Å². The lowest BCUT2D eigenvalue weighted by Gasteiger charge is -2.33. The Hall–Kier alpha value is -0.470. The molecule has 0 unspecified atom stereocenters. The molecule has 7 heteroatoms. The Morgan fingerprint density at radius 3 is 2.33 bits per heavy atom. The first-order valence-corrected chi connectivity index (χ1v) is 9.19. The zero-order valence-electron chi connectivity index (χ0n) is 12.3. The van der Waals surface area contributed by atoms with Gasteiger partial charge in [-0.25, -0.2) is 8.42 Å². The first kappa shape index (κ1) is 16.9. The minimum absolute atomic E-state index is 0.109. The van der Waals surface area contributed by atoms with Crippen molar-refractivity contribution in [1.29, 1.82) is 0 Å². The van der Waals surface area contributed by atoms with Gasteiger partial charge in [-0.15, -0.1) is 0 Å². The van der Waals surface area contributed by atoms with Gasteiger partial charge >= 0.3 is 0 Å². The molecule has 1 aromatic carbocycles. The van der Waals surface area contributed by atoms with Crippen molar-refractivity contribution in [3.05, 3.63) is 27.7 Å². The molecule has 0 saturated carbocycles. The molecule has 1 heterocycles. The number of aliphatic hydroxyl groups is 1. The Kier molecular flexibility index (Phi) is 5.43. The van der Waals surface area contributed by atoms with Crippen molar-refractivity contribution in [2.24, 2.45) is 0 Å². The third-order valence-electron chi connectivity index (χ3n) is 3.82. The van der Waals surface area contributed by atoms with Gasteiger partial charge in [0.25, 0.3) is 0 Å². The molecular formula is C14H21BrN2O3S.